The fourth-order valence-corrected chi connectivity index (χ4v) is 7.01. The Morgan fingerprint density at radius 3 is 2.50 bits per heavy atom. The lowest BCUT2D eigenvalue weighted by molar-refractivity contribution is -0.898. The third kappa shape index (κ3) is 8.97. The van der Waals surface area contributed by atoms with Gasteiger partial charge in [-0.2, -0.15) is 14.1 Å². The number of hydrazine groups is 1. The Balaban J connectivity index is 1.10. The maximum Gasteiger partial charge on any atom is 0.361 e. The van der Waals surface area contributed by atoms with Gasteiger partial charge in [-0.3, -0.25) is 30.1 Å². The van der Waals surface area contributed by atoms with Crippen molar-refractivity contribution in [2.24, 2.45) is 5.92 Å². The quantitative estimate of drug-likeness (QED) is 0.0418. The number of non-ortho nitro benzene ring substituents is 1. The minimum atomic E-state index is -4.01. The zero-order valence-corrected chi connectivity index (χ0v) is 26.9. The second-order valence-corrected chi connectivity index (χ2v) is 13.4. The molecule has 1 fully saturated rings. The number of hydrogen-bond donors (Lipinski definition) is 5. The molecule has 0 aliphatic carbocycles. The molecule has 0 bridgehead atoms. The number of nitro benzene ring substituents is 1. The molecule has 0 unspecified atom stereocenters. The number of benzene rings is 3. The van der Waals surface area contributed by atoms with E-state index in [1.165, 1.54) is 60.8 Å². The van der Waals surface area contributed by atoms with Gasteiger partial charge in [-0.15, -0.1) is 0 Å². The minimum Gasteiger partial charge on any atom is -0.691 e. The largest absolute Gasteiger partial charge is 0.691 e. The van der Waals surface area contributed by atoms with E-state index in [-0.39, 0.29) is 39.6 Å². The van der Waals surface area contributed by atoms with Crippen LogP contribution in [0.3, 0.4) is 0 Å². The molecule has 19 heteroatoms. The summed E-state index contributed by atoms with van der Waals surface area (Å²) in [6, 6.07) is 15.6. The van der Waals surface area contributed by atoms with Crippen molar-refractivity contribution in [2.45, 2.75) is 24.2 Å². The van der Waals surface area contributed by atoms with Gasteiger partial charge in [0.2, 0.25) is 0 Å². The summed E-state index contributed by atoms with van der Waals surface area (Å²) < 4.78 is 34.0. The normalized spacial score (nSPS) is 16.3. The van der Waals surface area contributed by atoms with E-state index in [0.29, 0.717) is 23.0 Å². The number of fused-ring (bicyclic) bond motifs is 1. The number of amides is 2. The van der Waals surface area contributed by atoms with Gasteiger partial charge in [-0.25, -0.2) is 18.6 Å². The van der Waals surface area contributed by atoms with E-state index >= 15 is 0 Å². The van der Waals surface area contributed by atoms with E-state index in [9.17, 15) is 33.4 Å². The van der Waals surface area contributed by atoms with Crippen molar-refractivity contribution in [3.8, 4) is 0 Å². The van der Waals surface area contributed by atoms with Crippen LogP contribution in [0.1, 0.15) is 19.3 Å². The van der Waals surface area contributed by atoms with Crippen molar-refractivity contribution in [1.82, 2.24) is 15.2 Å². The summed E-state index contributed by atoms with van der Waals surface area (Å²) in [5.41, 5.74) is 6.24. The highest BCUT2D eigenvalue weighted by molar-refractivity contribution is 7.94. The topological polar surface area (TPSA) is 223 Å². The van der Waals surface area contributed by atoms with Crippen molar-refractivity contribution >= 4 is 67.7 Å². The Labute approximate surface area is 278 Å². The highest BCUT2D eigenvalue weighted by Gasteiger charge is 2.24. The number of piperidine rings is 1. The molecule has 5 rings (SSSR count). The molecule has 3 aromatic carbocycles. The molecule has 254 valence electrons. The zero-order valence-electron chi connectivity index (χ0n) is 25.3. The second-order valence-electron chi connectivity index (χ2n) is 11.0. The first-order chi connectivity index (χ1) is 23.1. The first-order valence-corrected chi connectivity index (χ1v) is 17.1. The Bertz CT molecular complexity index is 1860. The molecule has 0 radical (unpaired) electrons. The molecule has 0 saturated carbocycles. The molecule has 2 amide bonds. The van der Waals surface area contributed by atoms with Crippen LogP contribution in [-0.4, -0.2) is 60.4 Å². The maximum absolute atomic E-state index is 13.1. The van der Waals surface area contributed by atoms with Gasteiger partial charge in [0.05, 0.1) is 45.7 Å². The van der Waals surface area contributed by atoms with Gasteiger partial charge >= 0.3 is 6.03 Å². The zero-order chi connectivity index (χ0) is 34.1. The van der Waals surface area contributed by atoms with Gasteiger partial charge in [0.15, 0.2) is 6.54 Å². The van der Waals surface area contributed by atoms with Crippen molar-refractivity contribution in [1.29, 1.82) is 0 Å². The van der Waals surface area contributed by atoms with Crippen molar-refractivity contribution in [3.63, 3.8) is 0 Å². The number of anilines is 3. The smallest absolute Gasteiger partial charge is 0.361 e. The van der Waals surface area contributed by atoms with Crippen LogP contribution in [0, 0.1) is 16.0 Å². The van der Waals surface area contributed by atoms with Gasteiger partial charge in [0, 0.05) is 35.2 Å². The Morgan fingerprint density at radius 1 is 1.04 bits per heavy atom. The lowest BCUT2D eigenvalue weighted by Crippen LogP contribution is -3.14. The average Bonchev–Trinajstić information content (AvgIpc) is 3.51. The van der Waals surface area contributed by atoms with E-state index in [1.54, 1.807) is 12.1 Å². The van der Waals surface area contributed by atoms with Crippen molar-refractivity contribution in [3.05, 3.63) is 83.0 Å². The number of likely N-dealkylation sites (tertiary alicyclic amines) is 1. The molecule has 17 nitrogen and oxygen atoms in total. The molecule has 1 aromatic heterocycles. The van der Waals surface area contributed by atoms with E-state index in [1.807, 2.05) is 0 Å². The van der Waals surface area contributed by atoms with Gasteiger partial charge in [-0.05, 0) is 73.7 Å². The fourth-order valence-electron chi connectivity index (χ4n) is 5.36. The minimum absolute atomic E-state index is 0.0427. The van der Waals surface area contributed by atoms with Crippen LogP contribution in [0.2, 0.25) is 0 Å². The Hall–Kier alpha value is -4.79. The number of nitrogens with one attached hydrogen (secondary N) is 5. The molecule has 5 N–H and O–H groups in total. The second kappa shape index (κ2) is 15.9. The molecule has 0 atom stereocenters. The van der Waals surface area contributed by atoms with Crippen LogP contribution < -0.4 is 31.0 Å². The number of aromatic nitrogens is 2. The van der Waals surface area contributed by atoms with Crippen molar-refractivity contribution in [2.75, 3.05) is 40.9 Å². The number of carbonyl (C=O) groups is 2. The molecule has 2 heterocycles. The molecule has 48 heavy (non-hydrogen) atoms. The summed E-state index contributed by atoms with van der Waals surface area (Å²) in [6.07, 6.45) is 4.03. The number of carbonyl (C=O) groups excluding carboxylic acids is 2. The van der Waals surface area contributed by atoms with Gasteiger partial charge in [0.25, 0.3) is 21.6 Å². The van der Waals surface area contributed by atoms with Crippen LogP contribution >= 0.6 is 12.0 Å². The monoisotopic (exact) mass is 700 g/mol. The molecule has 1 aliphatic rings. The van der Waals surface area contributed by atoms with Crippen LogP contribution in [0.25, 0.3) is 10.9 Å². The number of sulfonamides is 1. The molecular weight excluding hydrogens is 668 g/mol. The van der Waals surface area contributed by atoms with E-state index in [2.05, 4.69) is 35.4 Å². The molecule has 0 spiro atoms. The Kier molecular flexibility index (Phi) is 11.4. The van der Waals surface area contributed by atoms with Crippen LogP contribution in [0.15, 0.2) is 77.8 Å². The van der Waals surface area contributed by atoms with E-state index < -0.39 is 21.0 Å². The van der Waals surface area contributed by atoms with Crippen LogP contribution in [0.5, 0.6) is 0 Å². The summed E-state index contributed by atoms with van der Waals surface area (Å²) in [6.45, 7) is 1.91. The average molecular weight is 701 g/mol. The van der Waals surface area contributed by atoms with Gasteiger partial charge in [-0.1, -0.05) is 12.1 Å². The third-order valence-corrected chi connectivity index (χ3v) is 9.70. The summed E-state index contributed by atoms with van der Waals surface area (Å²) >= 11 is 0.982. The standard InChI is InChI=1S/C29H32N8O9S2/c38-28(19-35-14-11-20(12-15-35)13-16-47-46-45-42)31-23-3-1-4-24(17-23)48(43,44)34-22-9-7-21(8-10-22)32-33-29(39)36-26-5-2-6-27(37(40)41)25(26)18-30-36/h1-10,17-18,20,32,34,42H,11-16,19H2,(H,31,38)(H,33,39). The summed E-state index contributed by atoms with van der Waals surface area (Å²) in [4.78, 5) is 37.2. The van der Waals surface area contributed by atoms with E-state index in [4.69, 9.17) is 0 Å². The fraction of sp³-hybridized carbons (Fsp3) is 0.276. The number of nitro groups is 1. The first kappa shape index (κ1) is 34.5. The number of quaternary nitrogens is 1. The SMILES string of the molecule is O=C(C[NH+]1CCC(CCSOO[O-])CC1)Nc1cccc(S(=O)(=O)Nc2ccc(NNC(=O)n3ncc4c([N+](=O)[O-])cccc43)cc2)c1. The predicted octanol–water partition coefficient (Wildman–Crippen LogP) is 1.83. The summed E-state index contributed by atoms with van der Waals surface area (Å²) in [5, 5.41) is 31.4. The maximum atomic E-state index is 13.1. The number of rotatable bonds is 14. The molecule has 1 aliphatic heterocycles. The summed E-state index contributed by atoms with van der Waals surface area (Å²) in [7, 11) is -4.01. The third-order valence-electron chi connectivity index (χ3n) is 7.77. The van der Waals surface area contributed by atoms with E-state index in [0.717, 1.165) is 54.0 Å². The highest BCUT2D eigenvalue weighted by Crippen LogP contribution is 2.25. The number of hydrogen-bond acceptors (Lipinski definition) is 12. The van der Waals surface area contributed by atoms with Crippen LogP contribution in [-0.2, 0) is 24.2 Å². The van der Waals surface area contributed by atoms with Crippen molar-refractivity contribution < 1.29 is 42.5 Å². The molecular formula is C29H32N8O9S2. The Morgan fingerprint density at radius 2 is 1.77 bits per heavy atom. The lowest BCUT2D eigenvalue weighted by atomic mass is 9.94. The summed E-state index contributed by atoms with van der Waals surface area (Å²) in [5.74, 6) is 0.925. The molecule has 1 saturated heterocycles. The predicted molar refractivity (Wildman–Crippen MR) is 174 cm³/mol. The lowest BCUT2D eigenvalue weighted by Gasteiger charge is -2.28. The van der Waals surface area contributed by atoms with Gasteiger partial charge < -0.3 is 15.5 Å². The van der Waals surface area contributed by atoms with Crippen LogP contribution in [0.4, 0.5) is 27.5 Å². The molecule has 4 aromatic rings. The van der Waals surface area contributed by atoms with Gasteiger partial charge in [0.1, 0.15) is 0 Å². The highest BCUT2D eigenvalue weighted by atomic mass is 32.2. The number of nitrogens with zero attached hydrogens (tertiary/aromatic N) is 3. The first-order valence-electron chi connectivity index (χ1n) is 14.7.